The molecule has 0 N–H and O–H groups in total. The molecule has 0 bridgehead atoms. The summed E-state index contributed by atoms with van der Waals surface area (Å²) in [5.74, 6) is 0. The summed E-state index contributed by atoms with van der Waals surface area (Å²) in [6.07, 6.45) is 0. The Morgan fingerprint density at radius 2 is 0.471 bits per heavy atom. The summed E-state index contributed by atoms with van der Waals surface area (Å²) in [6, 6.07) is 136. The Morgan fingerprint density at radius 3 is 1.01 bits per heavy atom. The monoisotopic (exact) mass is 1370 g/mol. The van der Waals surface area contributed by atoms with E-state index in [1.54, 1.807) is 0 Å². The largest absolute Gasteiger partial charge is 0.310 e. The van der Waals surface area contributed by atoms with Crippen LogP contribution in [-0.2, 0) is 0 Å². The van der Waals surface area contributed by atoms with Crippen molar-refractivity contribution >= 4 is 205 Å². The van der Waals surface area contributed by atoms with Crippen LogP contribution in [0.2, 0.25) is 0 Å². The molecule has 482 valence electrons. The van der Waals surface area contributed by atoms with Gasteiger partial charge >= 0.3 is 0 Å². The maximum atomic E-state index is 2.44. The third kappa shape index (κ3) is 11.1. The van der Waals surface area contributed by atoms with E-state index in [0.717, 1.165) is 56.9 Å². The van der Waals surface area contributed by atoms with Gasteiger partial charge < -0.3 is 19.6 Å². The second-order valence-electron chi connectivity index (χ2n) is 25.5. The summed E-state index contributed by atoms with van der Waals surface area (Å²) < 4.78 is 10.3. The van der Waals surface area contributed by atoms with Crippen molar-refractivity contribution in [1.29, 1.82) is 0 Å². The Hall–Kier alpha value is -12.1. The predicted octanol–water partition coefficient (Wildman–Crippen LogP) is 29.5. The number of fused-ring (bicyclic) bond motifs is 13. The molecule has 4 nitrogen and oxygen atoms in total. The molecule has 0 radical (unpaired) electrons. The smallest absolute Gasteiger partial charge is 0.0554 e. The Kier molecular flexibility index (Phi) is 15.7. The maximum Gasteiger partial charge on any atom is 0.0554 e. The van der Waals surface area contributed by atoms with Crippen molar-refractivity contribution in [2.75, 3.05) is 19.6 Å². The van der Waals surface area contributed by atoms with Crippen LogP contribution in [0.1, 0.15) is 0 Å². The molecule has 0 amide bonds. The Morgan fingerprint density at radius 1 is 0.157 bits per heavy atom. The van der Waals surface area contributed by atoms with Crippen LogP contribution in [0.3, 0.4) is 0 Å². The minimum Gasteiger partial charge on any atom is -0.310 e. The maximum absolute atomic E-state index is 2.44. The number of thiophene rings is 4. The molecule has 0 fully saturated rings. The lowest BCUT2D eigenvalue weighted by molar-refractivity contribution is 1.29. The standard InChI is InChI=1S/C48H32N2S2.C46H30N2S2/c1-4-13-33(14-5-1)34-23-25-37(26-24-34)49(35-15-6-2-7-16-35)39-27-29-40-42-31-38(28-30-45(42)52-47(40)32-39)50(36-17-8-3-9-18-36)43-20-12-22-46-48(43)41-19-10-11-21-44(41)51-46;1-3-14-32(15-4-1)47(33-16-5-2-6-17-33)35-22-26-40-41-28-34(24-27-44(41)50-46(40)29-35)48(42-20-11-13-31-12-7-8-18-37(31)42)36-23-25-39-38-19-9-10-21-43(38)49-45(39)30-36/h1-32H;1-30H. The van der Waals surface area contributed by atoms with Gasteiger partial charge in [0.1, 0.15) is 0 Å². The molecular weight excluding hydrogens is 1310 g/mol. The first-order chi connectivity index (χ1) is 50.6. The molecule has 20 rings (SSSR count). The first-order valence-corrected chi connectivity index (χ1v) is 37.6. The zero-order valence-corrected chi connectivity index (χ0v) is 58.5. The summed E-state index contributed by atoms with van der Waals surface area (Å²) in [4.78, 5) is 9.56. The number of rotatable bonds is 13. The number of para-hydroxylation sites is 4. The summed E-state index contributed by atoms with van der Waals surface area (Å²) in [6.45, 7) is 0. The Balaban J connectivity index is 0.000000141. The summed E-state index contributed by atoms with van der Waals surface area (Å²) >= 11 is 7.44. The summed E-state index contributed by atoms with van der Waals surface area (Å²) in [5.41, 5.74) is 16.2. The highest BCUT2D eigenvalue weighted by atomic mass is 32.1. The fraction of sp³-hybridized carbons (Fsp3) is 0. The zero-order chi connectivity index (χ0) is 67.5. The van der Waals surface area contributed by atoms with Gasteiger partial charge in [0.25, 0.3) is 0 Å². The molecule has 0 atom stereocenters. The molecule has 0 unspecified atom stereocenters. The fourth-order valence-electron chi connectivity index (χ4n) is 14.8. The number of hydrogen-bond donors (Lipinski definition) is 0. The van der Waals surface area contributed by atoms with Crippen molar-refractivity contribution in [1.82, 2.24) is 0 Å². The number of nitrogens with zero attached hydrogens (tertiary/aromatic N) is 4. The molecule has 0 spiro atoms. The van der Waals surface area contributed by atoms with Gasteiger partial charge in [-0.05, 0) is 180 Å². The fourth-order valence-corrected chi connectivity index (χ4v) is 19.3. The molecule has 0 aliphatic heterocycles. The highest BCUT2D eigenvalue weighted by Gasteiger charge is 2.23. The zero-order valence-electron chi connectivity index (χ0n) is 55.2. The van der Waals surface area contributed by atoms with Gasteiger partial charge in [-0.3, -0.25) is 0 Å². The van der Waals surface area contributed by atoms with E-state index in [9.17, 15) is 0 Å². The van der Waals surface area contributed by atoms with Crippen LogP contribution < -0.4 is 19.6 Å². The molecule has 8 heteroatoms. The quantitative estimate of drug-likeness (QED) is 0.114. The lowest BCUT2D eigenvalue weighted by atomic mass is 10.0. The van der Waals surface area contributed by atoms with Crippen molar-refractivity contribution in [2.24, 2.45) is 0 Å². The second kappa shape index (κ2) is 26.2. The molecule has 0 aliphatic rings. The number of anilines is 12. The summed E-state index contributed by atoms with van der Waals surface area (Å²) in [7, 11) is 0. The minimum atomic E-state index is 1.13. The molecule has 102 heavy (non-hydrogen) atoms. The molecule has 4 heterocycles. The second-order valence-corrected chi connectivity index (χ2v) is 29.9. The van der Waals surface area contributed by atoms with E-state index in [1.807, 2.05) is 45.3 Å². The molecule has 16 aromatic carbocycles. The van der Waals surface area contributed by atoms with Crippen LogP contribution in [0.5, 0.6) is 0 Å². The number of benzene rings is 16. The van der Waals surface area contributed by atoms with E-state index in [2.05, 4.69) is 396 Å². The van der Waals surface area contributed by atoms with Crippen LogP contribution in [0.4, 0.5) is 68.2 Å². The lowest BCUT2D eigenvalue weighted by Crippen LogP contribution is -2.10. The molecular formula is C94H62N4S4. The van der Waals surface area contributed by atoms with E-state index >= 15 is 0 Å². The van der Waals surface area contributed by atoms with Gasteiger partial charge in [0.15, 0.2) is 0 Å². The van der Waals surface area contributed by atoms with Crippen LogP contribution in [0.25, 0.3) is 103 Å². The Bertz CT molecular complexity index is 6420. The van der Waals surface area contributed by atoms with Crippen molar-refractivity contribution in [2.45, 2.75) is 0 Å². The van der Waals surface area contributed by atoms with Crippen LogP contribution in [-0.4, -0.2) is 0 Å². The molecule has 0 saturated carbocycles. The van der Waals surface area contributed by atoms with E-state index in [-0.39, 0.29) is 0 Å². The van der Waals surface area contributed by atoms with Gasteiger partial charge in [-0.1, -0.05) is 212 Å². The van der Waals surface area contributed by atoms with Gasteiger partial charge in [0.05, 0.1) is 11.4 Å². The van der Waals surface area contributed by atoms with Gasteiger partial charge in [-0.2, -0.15) is 0 Å². The highest BCUT2D eigenvalue weighted by molar-refractivity contribution is 7.27. The molecule has 0 aliphatic carbocycles. The average Bonchev–Trinajstić information content (AvgIpc) is 1.56. The van der Waals surface area contributed by atoms with E-state index in [0.29, 0.717) is 0 Å². The van der Waals surface area contributed by atoms with E-state index in [1.165, 1.54) is 114 Å². The van der Waals surface area contributed by atoms with Gasteiger partial charge in [-0.25, -0.2) is 0 Å². The van der Waals surface area contributed by atoms with E-state index in [4.69, 9.17) is 0 Å². The SMILES string of the molecule is c1ccc(-c2ccc(N(c3ccccc3)c3ccc4c(c3)sc3ccc(N(c5ccccc5)c5cccc6sc7ccccc7c56)cc34)cc2)cc1.c1ccc(N(c2ccccc2)c2ccc3c(c2)sc2ccc(N(c4ccc5c(c4)sc4ccccc45)c4cccc5ccccc45)cc23)cc1. The van der Waals surface area contributed by atoms with Gasteiger partial charge in [0.2, 0.25) is 0 Å². The number of hydrogen-bond acceptors (Lipinski definition) is 8. The summed E-state index contributed by atoms with van der Waals surface area (Å²) in [5, 5.41) is 12.8. The predicted molar refractivity (Wildman–Crippen MR) is 446 cm³/mol. The average molecular weight is 1380 g/mol. The van der Waals surface area contributed by atoms with Crippen LogP contribution >= 0.6 is 45.3 Å². The minimum absolute atomic E-state index is 1.13. The van der Waals surface area contributed by atoms with Crippen LogP contribution in [0.15, 0.2) is 376 Å². The van der Waals surface area contributed by atoms with Crippen LogP contribution in [0, 0.1) is 0 Å². The van der Waals surface area contributed by atoms with Crippen molar-refractivity contribution < 1.29 is 0 Å². The third-order valence-electron chi connectivity index (χ3n) is 19.4. The topological polar surface area (TPSA) is 13.0 Å². The van der Waals surface area contributed by atoms with Gasteiger partial charge in [-0.15, -0.1) is 45.3 Å². The van der Waals surface area contributed by atoms with E-state index < -0.39 is 0 Å². The normalized spacial score (nSPS) is 11.5. The van der Waals surface area contributed by atoms with Crippen molar-refractivity contribution in [3.05, 3.63) is 376 Å². The van der Waals surface area contributed by atoms with Gasteiger partial charge in [0, 0.05) is 143 Å². The first-order valence-electron chi connectivity index (χ1n) is 34.4. The van der Waals surface area contributed by atoms with Crippen molar-refractivity contribution in [3.8, 4) is 11.1 Å². The lowest BCUT2D eigenvalue weighted by Gasteiger charge is -2.27. The molecule has 0 saturated heterocycles. The highest BCUT2D eigenvalue weighted by Crippen LogP contribution is 2.50. The first kappa shape index (κ1) is 61.0. The Labute approximate surface area is 607 Å². The third-order valence-corrected chi connectivity index (χ3v) is 24.0. The molecule has 20 aromatic rings. The van der Waals surface area contributed by atoms with Crippen molar-refractivity contribution in [3.63, 3.8) is 0 Å². The molecule has 4 aromatic heterocycles.